The van der Waals surface area contributed by atoms with Gasteiger partial charge in [-0.05, 0) is 114 Å². The van der Waals surface area contributed by atoms with Gasteiger partial charge in [-0.25, -0.2) is 0 Å². The van der Waals surface area contributed by atoms with Crippen molar-refractivity contribution in [2.75, 3.05) is 4.90 Å². The number of rotatable bonds is 5. The van der Waals surface area contributed by atoms with Crippen molar-refractivity contribution in [1.82, 2.24) is 0 Å². The Kier molecular flexibility index (Phi) is 7.11. The Labute approximate surface area is 317 Å². The minimum atomic E-state index is 1.12. The Morgan fingerprint density at radius 2 is 0.778 bits per heavy atom. The summed E-state index contributed by atoms with van der Waals surface area (Å²) in [7, 11) is 0. The van der Waals surface area contributed by atoms with Crippen molar-refractivity contribution < 1.29 is 0 Å². The van der Waals surface area contributed by atoms with E-state index in [1.165, 1.54) is 85.5 Å². The van der Waals surface area contributed by atoms with Gasteiger partial charge >= 0.3 is 0 Å². The molecule has 1 nitrogen and oxygen atoms in total. The minimum Gasteiger partial charge on any atom is -0.310 e. The van der Waals surface area contributed by atoms with Gasteiger partial charge in [0.05, 0.1) is 0 Å². The van der Waals surface area contributed by atoms with Crippen LogP contribution in [-0.2, 0) is 0 Å². The van der Waals surface area contributed by atoms with E-state index < -0.39 is 0 Å². The SMILES string of the molecule is c1cc(-c2cccc(N(c3ccc4c(c3)sc3ccccc34)c3ccc4c5ccccc5c5ccccc5c4c3)c2)cc(-c2cccc3ccccc23)c1. The summed E-state index contributed by atoms with van der Waals surface area (Å²) in [6, 6.07) is 73.6. The van der Waals surface area contributed by atoms with E-state index in [-0.39, 0.29) is 0 Å². The molecule has 2 heteroatoms. The fourth-order valence-electron chi connectivity index (χ4n) is 8.50. The summed E-state index contributed by atoms with van der Waals surface area (Å²) in [6.45, 7) is 0. The maximum absolute atomic E-state index is 2.44. The first-order chi connectivity index (χ1) is 26.8. The van der Waals surface area contributed by atoms with Crippen LogP contribution in [0.2, 0.25) is 0 Å². The molecule has 0 atom stereocenters. The third kappa shape index (κ3) is 4.99. The molecular formula is C52H33NS. The van der Waals surface area contributed by atoms with Crippen LogP contribution in [0.3, 0.4) is 0 Å². The highest BCUT2D eigenvalue weighted by Gasteiger charge is 2.18. The monoisotopic (exact) mass is 703 g/mol. The second-order valence-electron chi connectivity index (χ2n) is 14.1. The average Bonchev–Trinajstić information content (AvgIpc) is 3.62. The van der Waals surface area contributed by atoms with Gasteiger partial charge in [0.1, 0.15) is 0 Å². The van der Waals surface area contributed by atoms with Gasteiger partial charge in [-0.15, -0.1) is 11.3 Å². The van der Waals surface area contributed by atoms with Crippen molar-refractivity contribution in [2.24, 2.45) is 0 Å². The molecule has 252 valence electrons. The van der Waals surface area contributed by atoms with Crippen molar-refractivity contribution in [3.63, 3.8) is 0 Å². The zero-order valence-electron chi connectivity index (χ0n) is 29.4. The molecule has 1 heterocycles. The highest BCUT2D eigenvalue weighted by Crippen LogP contribution is 2.44. The van der Waals surface area contributed by atoms with Crippen molar-refractivity contribution in [2.45, 2.75) is 0 Å². The zero-order valence-corrected chi connectivity index (χ0v) is 30.2. The molecule has 0 amide bonds. The zero-order chi connectivity index (χ0) is 35.6. The number of hydrogen-bond acceptors (Lipinski definition) is 2. The molecule has 0 radical (unpaired) electrons. The van der Waals surface area contributed by atoms with Crippen molar-refractivity contribution in [3.05, 3.63) is 200 Å². The molecule has 11 rings (SSSR count). The fourth-order valence-corrected chi connectivity index (χ4v) is 9.64. The quantitative estimate of drug-likeness (QED) is 0.161. The summed E-state index contributed by atoms with van der Waals surface area (Å²) in [4.78, 5) is 2.44. The largest absolute Gasteiger partial charge is 0.310 e. The predicted molar refractivity (Wildman–Crippen MR) is 235 cm³/mol. The first-order valence-corrected chi connectivity index (χ1v) is 19.3. The van der Waals surface area contributed by atoms with Gasteiger partial charge in [0.15, 0.2) is 0 Å². The van der Waals surface area contributed by atoms with Crippen LogP contribution in [0.15, 0.2) is 200 Å². The van der Waals surface area contributed by atoms with Gasteiger partial charge in [0.25, 0.3) is 0 Å². The Hall–Kier alpha value is -6.74. The standard InChI is InChI=1S/C52H33NS/c1-2-18-41-34(12-1)13-11-24-42(41)37-16-9-14-35(30-37)36-15-10-17-38(31-36)53(40-27-29-49-48-23-7-8-25-51(48)54-52(49)33-40)39-26-28-47-45-21-4-3-19-43(45)44-20-5-6-22-46(44)50(47)32-39/h1-33H. The van der Waals surface area contributed by atoms with Crippen molar-refractivity contribution in [1.29, 1.82) is 0 Å². The van der Waals surface area contributed by atoms with Gasteiger partial charge in [-0.3, -0.25) is 0 Å². The third-order valence-electron chi connectivity index (χ3n) is 11.0. The molecule has 54 heavy (non-hydrogen) atoms. The Morgan fingerprint density at radius 1 is 0.278 bits per heavy atom. The molecule has 0 unspecified atom stereocenters. The van der Waals surface area contributed by atoms with E-state index in [0.717, 1.165) is 17.1 Å². The smallest absolute Gasteiger partial charge is 0.0476 e. The van der Waals surface area contributed by atoms with E-state index in [9.17, 15) is 0 Å². The van der Waals surface area contributed by atoms with E-state index >= 15 is 0 Å². The van der Waals surface area contributed by atoms with Crippen LogP contribution in [0.5, 0.6) is 0 Å². The maximum atomic E-state index is 2.44. The second kappa shape index (κ2) is 12.4. The van der Waals surface area contributed by atoms with Gasteiger partial charge in [0, 0.05) is 37.2 Å². The molecule has 0 fully saturated rings. The summed E-state index contributed by atoms with van der Waals surface area (Å²) in [6.07, 6.45) is 0. The van der Waals surface area contributed by atoms with Gasteiger partial charge < -0.3 is 4.90 Å². The molecule has 0 saturated heterocycles. The van der Waals surface area contributed by atoms with E-state index in [1.54, 1.807) is 0 Å². The first-order valence-electron chi connectivity index (χ1n) is 18.5. The summed E-state index contributed by atoms with van der Waals surface area (Å²) in [5.41, 5.74) is 8.23. The number of anilines is 3. The lowest BCUT2D eigenvalue weighted by Crippen LogP contribution is -2.10. The molecule has 1 aromatic heterocycles. The van der Waals surface area contributed by atoms with Gasteiger partial charge in [-0.1, -0.05) is 152 Å². The average molecular weight is 704 g/mol. The second-order valence-corrected chi connectivity index (χ2v) is 15.2. The van der Waals surface area contributed by atoms with Crippen LogP contribution in [0.4, 0.5) is 17.1 Å². The Balaban J connectivity index is 1.11. The fraction of sp³-hybridized carbons (Fsp3) is 0. The van der Waals surface area contributed by atoms with Crippen molar-refractivity contribution >= 4 is 91.7 Å². The number of hydrogen-bond donors (Lipinski definition) is 0. The number of thiophene rings is 1. The molecular weight excluding hydrogens is 671 g/mol. The van der Waals surface area contributed by atoms with E-state index in [4.69, 9.17) is 0 Å². The summed E-state index contributed by atoms with van der Waals surface area (Å²) >= 11 is 1.86. The van der Waals surface area contributed by atoms with Crippen molar-refractivity contribution in [3.8, 4) is 22.3 Å². The topological polar surface area (TPSA) is 3.24 Å². The number of fused-ring (bicyclic) bond motifs is 10. The van der Waals surface area contributed by atoms with Crippen LogP contribution in [0.25, 0.3) is 85.5 Å². The summed E-state index contributed by atoms with van der Waals surface area (Å²) < 4.78 is 2.60. The molecule has 0 aliphatic heterocycles. The Bertz CT molecular complexity index is 3200. The summed E-state index contributed by atoms with van der Waals surface area (Å²) in [5, 5.41) is 12.8. The molecule has 0 N–H and O–H groups in total. The normalized spacial score (nSPS) is 11.7. The summed E-state index contributed by atoms with van der Waals surface area (Å²) in [5.74, 6) is 0. The molecule has 10 aromatic carbocycles. The first kappa shape index (κ1) is 30.8. The van der Waals surface area contributed by atoms with Gasteiger partial charge in [-0.2, -0.15) is 0 Å². The predicted octanol–water partition coefficient (Wildman–Crippen LogP) is 15.5. The third-order valence-corrected chi connectivity index (χ3v) is 12.1. The molecule has 0 spiro atoms. The number of benzene rings is 10. The van der Waals surface area contributed by atoms with E-state index in [0.29, 0.717) is 0 Å². The molecule has 0 aliphatic carbocycles. The Morgan fingerprint density at radius 3 is 1.56 bits per heavy atom. The highest BCUT2D eigenvalue weighted by molar-refractivity contribution is 7.25. The lowest BCUT2D eigenvalue weighted by atomic mass is 9.93. The van der Waals surface area contributed by atoms with E-state index in [2.05, 4.69) is 205 Å². The van der Waals surface area contributed by atoms with E-state index in [1.807, 2.05) is 11.3 Å². The van der Waals surface area contributed by atoms with Crippen LogP contribution < -0.4 is 4.90 Å². The molecule has 0 aliphatic rings. The van der Waals surface area contributed by atoms with Gasteiger partial charge in [0.2, 0.25) is 0 Å². The number of nitrogens with zero attached hydrogens (tertiary/aromatic N) is 1. The molecule has 0 saturated carbocycles. The lowest BCUT2D eigenvalue weighted by molar-refractivity contribution is 1.30. The maximum Gasteiger partial charge on any atom is 0.0476 e. The molecule has 0 bridgehead atoms. The van der Waals surface area contributed by atoms with Crippen LogP contribution >= 0.6 is 11.3 Å². The van der Waals surface area contributed by atoms with Crippen LogP contribution in [0, 0.1) is 0 Å². The minimum absolute atomic E-state index is 1.12. The lowest BCUT2D eigenvalue weighted by Gasteiger charge is -2.27. The van der Waals surface area contributed by atoms with Crippen LogP contribution in [0.1, 0.15) is 0 Å². The molecule has 11 aromatic rings. The van der Waals surface area contributed by atoms with Crippen LogP contribution in [-0.4, -0.2) is 0 Å². The highest BCUT2D eigenvalue weighted by atomic mass is 32.1.